The molecule has 0 N–H and O–H groups in total. The Balaban J connectivity index is -0.0000000213. The second kappa shape index (κ2) is 83.7. The van der Waals surface area contributed by atoms with Crippen LogP contribution in [0, 0.1) is 0 Å². The van der Waals surface area contributed by atoms with E-state index in [0.29, 0.717) is 0 Å². The summed E-state index contributed by atoms with van der Waals surface area (Å²) >= 11 is 0. The molecule has 0 aliphatic rings. The molecule has 4 nitrogen and oxygen atoms in total. The Morgan fingerprint density at radius 1 is 0.385 bits per heavy atom. The summed E-state index contributed by atoms with van der Waals surface area (Å²) in [6, 6.07) is 0. The van der Waals surface area contributed by atoms with Crippen LogP contribution < -0.4 is 0 Å². The first-order chi connectivity index (χ1) is 5.66. The largest absolute Gasteiger partial charge is 4.00 e. The van der Waals surface area contributed by atoms with Gasteiger partial charge in [0.2, 0.25) is 0 Å². The van der Waals surface area contributed by atoms with E-state index in [1.165, 1.54) is 0 Å². The van der Waals surface area contributed by atoms with Crippen molar-refractivity contribution >= 4 is 0 Å². The van der Waals surface area contributed by atoms with Gasteiger partial charge in [0.1, 0.15) is 0 Å². The van der Waals surface area contributed by atoms with Crippen molar-refractivity contribution in [2.24, 2.45) is 0 Å². The second-order valence-corrected chi connectivity index (χ2v) is 1.79. The van der Waals surface area contributed by atoms with E-state index in [9.17, 15) is 0 Å². The van der Waals surface area contributed by atoms with Crippen LogP contribution in [0.5, 0.6) is 0 Å². The van der Waals surface area contributed by atoms with E-state index in [0.717, 1.165) is 0 Å². The Labute approximate surface area is 95.4 Å². The van der Waals surface area contributed by atoms with E-state index < -0.39 is 0 Å². The van der Waals surface area contributed by atoms with Gasteiger partial charge < -0.3 is 21.3 Å². The first kappa shape index (κ1) is 29.2. The molecular formula is C8H24CrN4. The molecule has 0 unspecified atom stereocenters. The van der Waals surface area contributed by atoms with E-state index in [-0.39, 0.29) is 17.4 Å². The molecule has 0 saturated carbocycles. The smallest absolute Gasteiger partial charge is 0.668 e. The van der Waals surface area contributed by atoms with Crippen molar-refractivity contribution < 1.29 is 17.4 Å². The van der Waals surface area contributed by atoms with Crippen LogP contribution in [0.15, 0.2) is 0 Å². The molecule has 0 fully saturated rings. The molecule has 5 heteroatoms. The van der Waals surface area contributed by atoms with Gasteiger partial charge in [-0.1, -0.05) is 0 Å². The summed E-state index contributed by atoms with van der Waals surface area (Å²) in [5.41, 5.74) is 0. The van der Waals surface area contributed by atoms with Crippen molar-refractivity contribution in [1.82, 2.24) is 0 Å². The molecule has 0 spiro atoms. The Kier molecular flexibility index (Phi) is 188. The van der Waals surface area contributed by atoms with Crippen LogP contribution in [0.1, 0.15) is 0 Å². The molecule has 0 saturated heterocycles. The van der Waals surface area contributed by atoms with Crippen molar-refractivity contribution in [1.29, 1.82) is 0 Å². The fourth-order valence-electron chi connectivity index (χ4n) is 0. The standard InChI is InChI=1S/4C2H6N.Cr/c4*1-3-2;/h4*1-2H3;/q4*-1;+4. The maximum absolute atomic E-state index is 3.50. The average molecular weight is 228 g/mol. The number of hydrogen-bond acceptors (Lipinski definition) is 0. The van der Waals surface area contributed by atoms with Crippen molar-refractivity contribution in [2.45, 2.75) is 0 Å². The molecule has 0 rings (SSSR count). The molecule has 0 aliphatic carbocycles. The number of rotatable bonds is 0. The molecular weight excluding hydrogens is 204 g/mol. The monoisotopic (exact) mass is 228 g/mol. The third-order valence-corrected chi connectivity index (χ3v) is 0. The Morgan fingerprint density at radius 3 is 0.385 bits per heavy atom. The van der Waals surface area contributed by atoms with Crippen molar-refractivity contribution in [3.8, 4) is 0 Å². The topological polar surface area (TPSA) is 56.4 Å². The zero-order chi connectivity index (χ0) is 10.8. The van der Waals surface area contributed by atoms with Crippen LogP contribution in [0.4, 0.5) is 0 Å². The molecule has 0 radical (unpaired) electrons. The maximum atomic E-state index is 3.50. The van der Waals surface area contributed by atoms with Gasteiger partial charge in [-0.3, -0.25) is 0 Å². The summed E-state index contributed by atoms with van der Waals surface area (Å²) in [5, 5.41) is 14.0. The second-order valence-electron chi connectivity index (χ2n) is 1.79. The van der Waals surface area contributed by atoms with Gasteiger partial charge in [-0.2, -0.15) is 56.4 Å². The van der Waals surface area contributed by atoms with E-state index in [4.69, 9.17) is 0 Å². The van der Waals surface area contributed by atoms with Gasteiger partial charge in [-0.05, 0) is 0 Å². The van der Waals surface area contributed by atoms with E-state index in [1.807, 2.05) is 0 Å². The fraction of sp³-hybridized carbons (Fsp3) is 1.00. The first-order valence-electron chi connectivity index (χ1n) is 3.58. The van der Waals surface area contributed by atoms with Gasteiger partial charge in [0.05, 0.1) is 0 Å². The minimum Gasteiger partial charge on any atom is -0.668 e. The first-order valence-corrected chi connectivity index (χ1v) is 3.58. The fourth-order valence-corrected chi connectivity index (χ4v) is 0. The minimum atomic E-state index is 0. The predicted molar refractivity (Wildman–Crippen MR) is 60.8 cm³/mol. The molecule has 13 heavy (non-hydrogen) atoms. The minimum absolute atomic E-state index is 0. The van der Waals surface area contributed by atoms with Gasteiger partial charge in [0.15, 0.2) is 0 Å². The maximum Gasteiger partial charge on any atom is 4.00 e. The quantitative estimate of drug-likeness (QED) is 0.611. The van der Waals surface area contributed by atoms with Crippen molar-refractivity contribution in [3.63, 3.8) is 0 Å². The molecule has 0 aromatic carbocycles. The molecule has 0 aliphatic heterocycles. The predicted octanol–water partition coefficient (Wildman–Crippen LogP) is 2.48. The molecule has 0 aromatic rings. The summed E-state index contributed by atoms with van der Waals surface area (Å²) in [5.74, 6) is 0. The van der Waals surface area contributed by atoms with Gasteiger partial charge in [0.25, 0.3) is 0 Å². The summed E-state index contributed by atoms with van der Waals surface area (Å²) in [4.78, 5) is 0. The Morgan fingerprint density at radius 2 is 0.385 bits per heavy atom. The summed E-state index contributed by atoms with van der Waals surface area (Å²) in [6.45, 7) is 0. The summed E-state index contributed by atoms with van der Waals surface area (Å²) in [7, 11) is 14.0. The van der Waals surface area contributed by atoms with Crippen LogP contribution in [-0.4, -0.2) is 56.4 Å². The number of hydrogen-bond donors (Lipinski definition) is 0. The SMILES string of the molecule is C[N-]C.C[N-]C.C[N-]C.C[N-]C.[Cr+4]. The zero-order valence-corrected chi connectivity index (χ0v) is 11.5. The van der Waals surface area contributed by atoms with Gasteiger partial charge in [0, 0.05) is 0 Å². The molecule has 82 valence electrons. The molecule has 0 bridgehead atoms. The van der Waals surface area contributed by atoms with E-state index in [1.54, 1.807) is 56.4 Å². The molecule has 0 aromatic heterocycles. The average Bonchev–Trinajstić information content (AvgIpc) is 1.92. The third kappa shape index (κ3) is 9590. The summed E-state index contributed by atoms with van der Waals surface area (Å²) < 4.78 is 0. The number of nitrogens with zero attached hydrogens (tertiary/aromatic N) is 4. The molecule has 0 atom stereocenters. The Hall–Kier alpha value is 0.372. The Bertz CT molecular complexity index is 24.1. The third-order valence-electron chi connectivity index (χ3n) is 0. The van der Waals surface area contributed by atoms with Gasteiger partial charge in [-0.15, -0.1) is 0 Å². The van der Waals surface area contributed by atoms with Crippen molar-refractivity contribution in [2.75, 3.05) is 56.4 Å². The van der Waals surface area contributed by atoms with Crippen molar-refractivity contribution in [3.05, 3.63) is 21.3 Å². The van der Waals surface area contributed by atoms with Crippen LogP contribution in [0.3, 0.4) is 0 Å². The normalized spacial score (nSPS) is 5.54. The van der Waals surface area contributed by atoms with Crippen LogP contribution in [0.2, 0.25) is 0 Å². The van der Waals surface area contributed by atoms with E-state index >= 15 is 0 Å². The molecule has 0 amide bonds. The van der Waals surface area contributed by atoms with Crippen LogP contribution in [0.25, 0.3) is 21.3 Å². The van der Waals surface area contributed by atoms with E-state index in [2.05, 4.69) is 21.3 Å². The summed E-state index contributed by atoms with van der Waals surface area (Å²) in [6.07, 6.45) is 0. The zero-order valence-electron chi connectivity index (χ0n) is 10.2. The van der Waals surface area contributed by atoms with Gasteiger partial charge >= 0.3 is 17.4 Å². The van der Waals surface area contributed by atoms with Gasteiger partial charge in [-0.25, -0.2) is 0 Å². The molecule has 0 heterocycles. The van der Waals surface area contributed by atoms with Crippen LogP contribution >= 0.6 is 0 Å². The van der Waals surface area contributed by atoms with Crippen LogP contribution in [-0.2, 0) is 17.4 Å².